The smallest absolute Gasteiger partial charge is 0.340 e. The minimum absolute atomic E-state index is 0.0184. The Hall–Kier alpha value is -2.02. The molecule has 2 rings (SSSR count). The lowest BCUT2D eigenvalue weighted by atomic mass is 9.86. The van der Waals surface area contributed by atoms with Gasteiger partial charge in [-0.25, -0.2) is 4.79 Å². The van der Waals surface area contributed by atoms with Crippen LogP contribution in [0.15, 0.2) is 34.1 Å². The number of esters is 2. The van der Waals surface area contributed by atoms with E-state index in [0.29, 0.717) is 11.3 Å². The molecule has 1 aliphatic heterocycles. The minimum Gasteiger partial charge on any atom is -0.466 e. The molecule has 1 aromatic carbocycles. The molecule has 23 heavy (non-hydrogen) atoms. The van der Waals surface area contributed by atoms with E-state index in [1.165, 1.54) is 0 Å². The molecule has 124 valence electrons. The second-order valence-corrected chi connectivity index (χ2v) is 5.76. The Balaban J connectivity index is 2.45. The van der Waals surface area contributed by atoms with Crippen LogP contribution in [0.25, 0.3) is 0 Å². The molecule has 0 spiro atoms. The van der Waals surface area contributed by atoms with Crippen LogP contribution in [-0.2, 0) is 19.1 Å². The summed E-state index contributed by atoms with van der Waals surface area (Å²) < 4.78 is 16.4. The van der Waals surface area contributed by atoms with E-state index in [9.17, 15) is 9.59 Å². The SMILES string of the molecule is CCOC(=O)CC1C(C(=O)OCC)=C(N)Oc2ccc(Br)cc21. The fraction of sp³-hybridized carbons (Fsp3) is 0.375. The summed E-state index contributed by atoms with van der Waals surface area (Å²) >= 11 is 3.38. The zero-order valence-corrected chi connectivity index (χ0v) is 14.5. The van der Waals surface area contributed by atoms with Crippen LogP contribution in [0.1, 0.15) is 31.7 Å². The van der Waals surface area contributed by atoms with Gasteiger partial charge in [0, 0.05) is 16.0 Å². The number of hydrogen-bond acceptors (Lipinski definition) is 6. The minimum atomic E-state index is -0.593. The zero-order valence-electron chi connectivity index (χ0n) is 12.9. The third kappa shape index (κ3) is 3.85. The molecular weight excluding hydrogens is 366 g/mol. The Kier molecular flexibility index (Phi) is 5.65. The van der Waals surface area contributed by atoms with Crippen LogP contribution >= 0.6 is 15.9 Å². The van der Waals surface area contributed by atoms with Gasteiger partial charge in [0.15, 0.2) is 0 Å². The van der Waals surface area contributed by atoms with Gasteiger partial charge in [-0.3, -0.25) is 4.79 Å². The molecule has 0 amide bonds. The number of fused-ring (bicyclic) bond motifs is 1. The number of carbonyl (C=O) groups excluding carboxylic acids is 2. The molecule has 0 aromatic heterocycles. The molecule has 1 aromatic rings. The predicted molar refractivity (Wildman–Crippen MR) is 86.6 cm³/mol. The van der Waals surface area contributed by atoms with Crippen LogP contribution in [0.3, 0.4) is 0 Å². The van der Waals surface area contributed by atoms with E-state index in [-0.39, 0.29) is 31.1 Å². The van der Waals surface area contributed by atoms with Gasteiger partial charge in [-0.05, 0) is 32.0 Å². The molecule has 2 N–H and O–H groups in total. The molecule has 0 saturated carbocycles. The van der Waals surface area contributed by atoms with E-state index in [4.69, 9.17) is 19.9 Å². The fourth-order valence-corrected chi connectivity index (χ4v) is 2.81. The first-order chi connectivity index (χ1) is 11.0. The van der Waals surface area contributed by atoms with Crippen molar-refractivity contribution in [3.05, 3.63) is 39.7 Å². The topological polar surface area (TPSA) is 87.9 Å². The van der Waals surface area contributed by atoms with Gasteiger partial charge < -0.3 is 19.9 Å². The van der Waals surface area contributed by atoms with Crippen LogP contribution in [-0.4, -0.2) is 25.2 Å². The maximum Gasteiger partial charge on any atom is 0.340 e. The lowest BCUT2D eigenvalue weighted by Crippen LogP contribution is -2.28. The molecule has 6 nitrogen and oxygen atoms in total. The molecule has 0 radical (unpaired) electrons. The average molecular weight is 384 g/mol. The predicted octanol–water partition coefficient (Wildman–Crippen LogP) is 2.61. The Morgan fingerprint density at radius 2 is 1.96 bits per heavy atom. The first kappa shape index (κ1) is 17.3. The van der Waals surface area contributed by atoms with E-state index in [2.05, 4.69) is 15.9 Å². The first-order valence-corrected chi connectivity index (χ1v) is 8.06. The van der Waals surface area contributed by atoms with Crippen molar-refractivity contribution in [1.29, 1.82) is 0 Å². The fourth-order valence-electron chi connectivity index (χ4n) is 2.44. The summed E-state index contributed by atoms with van der Waals surface area (Å²) in [5.41, 5.74) is 6.72. The maximum absolute atomic E-state index is 12.2. The molecular formula is C16H18BrNO5. The summed E-state index contributed by atoms with van der Waals surface area (Å²) in [4.78, 5) is 24.2. The monoisotopic (exact) mass is 383 g/mol. The Morgan fingerprint density at radius 3 is 2.61 bits per heavy atom. The maximum atomic E-state index is 12.2. The molecule has 0 aliphatic carbocycles. The normalized spacial score (nSPS) is 16.4. The number of benzene rings is 1. The molecule has 0 saturated heterocycles. The van der Waals surface area contributed by atoms with E-state index in [0.717, 1.165) is 4.47 Å². The summed E-state index contributed by atoms with van der Waals surface area (Å²) in [6.45, 7) is 3.89. The summed E-state index contributed by atoms with van der Waals surface area (Å²) in [6, 6.07) is 5.32. The quantitative estimate of drug-likeness (QED) is 0.786. The van der Waals surface area contributed by atoms with Gasteiger partial charge in [0.05, 0.1) is 19.6 Å². The van der Waals surface area contributed by atoms with E-state index >= 15 is 0 Å². The number of rotatable bonds is 5. The Morgan fingerprint density at radius 1 is 1.26 bits per heavy atom. The van der Waals surface area contributed by atoms with Crippen molar-refractivity contribution in [2.75, 3.05) is 13.2 Å². The number of hydrogen-bond donors (Lipinski definition) is 1. The Labute approximate surface area is 142 Å². The van der Waals surface area contributed by atoms with Gasteiger partial charge in [0.2, 0.25) is 5.88 Å². The number of halogens is 1. The second kappa shape index (κ2) is 7.50. The van der Waals surface area contributed by atoms with Crippen molar-refractivity contribution in [2.45, 2.75) is 26.2 Å². The lowest BCUT2D eigenvalue weighted by molar-refractivity contribution is -0.143. The molecule has 1 aliphatic rings. The highest BCUT2D eigenvalue weighted by Gasteiger charge is 2.36. The molecule has 7 heteroatoms. The van der Waals surface area contributed by atoms with Crippen LogP contribution < -0.4 is 10.5 Å². The second-order valence-electron chi connectivity index (χ2n) is 4.84. The Bertz CT molecular complexity index is 656. The van der Waals surface area contributed by atoms with Gasteiger partial charge in [0.25, 0.3) is 0 Å². The largest absolute Gasteiger partial charge is 0.466 e. The van der Waals surface area contributed by atoms with E-state index in [1.54, 1.807) is 32.0 Å². The molecule has 0 bridgehead atoms. The van der Waals surface area contributed by atoms with Crippen molar-refractivity contribution < 1.29 is 23.8 Å². The number of ether oxygens (including phenoxy) is 3. The van der Waals surface area contributed by atoms with Crippen molar-refractivity contribution in [3.8, 4) is 5.75 Å². The summed E-state index contributed by atoms with van der Waals surface area (Å²) in [5, 5.41) is 0. The summed E-state index contributed by atoms with van der Waals surface area (Å²) in [6.07, 6.45) is -0.0184. The summed E-state index contributed by atoms with van der Waals surface area (Å²) in [7, 11) is 0. The van der Waals surface area contributed by atoms with Gasteiger partial charge in [0.1, 0.15) is 11.3 Å². The highest BCUT2D eigenvalue weighted by molar-refractivity contribution is 9.10. The zero-order chi connectivity index (χ0) is 17.0. The molecule has 1 unspecified atom stereocenters. The van der Waals surface area contributed by atoms with Gasteiger partial charge in [-0.2, -0.15) is 0 Å². The van der Waals surface area contributed by atoms with Crippen LogP contribution in [0, 0.1) is 0 Å². The average Bonchev–Trinajstić information content (AvgIpc) is 2.48. The lowest BCUT2D eigenvalue weighted by Gasteiger charge is -2.27. The van der Waals surface area contributed by atoms with Crippen molar-refractivity contribution in [1.82, 2.24) is 0 Å². The van der Waals surface area contributed by atoms with Gasteiger partial charge in [-0.15, -0.1) is 0 Å². The number of carbonyl (C=O) groups is 2. The molecule has 0 fully saturated rings. The van der Waals surface area contributed by atoms with E-state index in [1.807, 2.05) is 0 Å². The van der Waals surface area contributed by atoms with Crippen LogP contribution in [0.4, 0.5) is 0 Å². The highest BCUT2D eigenvalue weighted by Crippen LogP contribution is 2.41. The van der Waals surface area contributed by atoms with Gasteiger partial charge in [-0.1, -0.05) is 15.9 Å². The standard InChI is InChI=1S/C16H18BrNO5/c1-3-21-13(19)8-11-10-7-9(17)5-6-12(10)23-15(18)14(11)16(20)22-4-2/h5-7,11H,3-4,8,18H2,1-2H3. The number of nitrogens with two attached hydrogens (primary N) is 1. The molecule has 1 heterocycles. The van der Waals surface area contributed by atoms with Crippen LogP contribution in [0.2, 0.25) is 0 Å². The van der Waals surface area contributed by atoms with E-state index < -0.39 is 17.9 Å². The highest BCUT2D eigenvalue weighted by atomic mass is 79.9. The van der Waals surface area contributed by atoms with Crippen LogP contribution in [0.5, 0.6) is 5.75 Å². The third-order valence-electron chi connectivity index (χ3n) is 3.35. The summed E-state index contributed by atoms with van der Waals surface area (Å²) in [5.74, 6) is -1.13. The first-order valence-electron chi connectivity index (χ1n) is 7.27. The van der Waals surface area contributed by atoms with Gasteiger partial charge >= 0.3 is 11.9 Å². The molecule has 1 atom stereocenters. The van der Waals surface area contributed by atoms with Crippen molar-refractivity contribution in [2.24, 2.45) is 5.73 Å². The van der Waals surface area contributed by atoms with Crippen molar-refractivity contribution in [3.63, 3.8) is 0 Å². The third-order valence-corrected chi connectivity index (χ3v) is 3.85. The van der Waals surface area contributed by atoms with Crippen molar-refractivity contribution >= 4 is 27.9 Å².